The van der Waals surface area contributed by atoms with Gasteiger partial charge in [-0.25, -0.2) is 8.42 Å². The van der Waals surface area contributed by atoms with Crippen LogP contribution in [0.4, 0.5) is 0 Å². The van der Waals surface area contributed by atoms with Gasteiger partial charge in [0, 0.05) is 18.5 Å². The quantitative estimate of drug-likeness (QED) is 0.733. The standard InChI is InChI=1S/C20H36N2O3S/c1-2-16-5-7-18(8-6-16)20(23)21-14-19-4-3-11-22(19)12-9-17-10-13-26(24,25)15-17/h16-19H,2-15H2,1H3,(H,21,23). The summed E-state index contributed by atoms with van der Waals surface area (Å²) in [5.41, 5.74) is 0. The third-order valence-electron chi connectivity index (χ3n) is 6.96. The molecule has 1 N–H and O–H groups in total. The molecule has 26 heavy (non-hydrogen) atoms. The maximum Gasteiger partial charge on any atom is 0.223 e. The van der Waals surface area contributed by atoms with Crippen molar-refractivity contribution in [2.24, 2.45) is 17.8 Å². The SMILES string of the molecule is CCC1CCC(C(=O)NCC2CCCN2CCC2CCS(=O)(=O)C2)CC1. The van der Waals surface area contributed by atoms with Crippen molar-refractivity contribution in [3.05, 3.63) is 0 Å². The molecule has 1 amide bonds. The maximum absolute atomic E-state index is 12.5. The zero-order valence-corrected chi connectivity index (χ0v) is 17.1. The molecule has 5 nitrogen and oxygen atoms in total. The van der Waals surface area contributed by atoms with Gasteiger partial charge in [-0.15, -0.1) is 0 Å². The molecule has 0 spiro atoms. The van der Waals surface area contributed by atoms with E-state index in [0.717, 1.165) is 57.7 Å². The first-order valence-electron chi connectivity index (χ1n) is 10.7. The highest BCUT2D eigenvalue weighted by molar-refractivity contribution is 7.91. The molecule has 3 aliphatic rings. The fourth-order valence-electron chi connectivity index (χ4n) is 5.06. The van der Waals surface area contributed by atoms with Crippen molar-refractivity contribution in [3.63, 3.8) is 0 Å². The molecule has 0 aromatic heterocycles. The summed E-state index contributed by atoms with van der Waals surface area (Å²) in [5, 5.41) is 3.22. The topological polar surface area (TPSA) is 66.5 Å². The van der Waals surface area contributed by atoms with Crippen molar-refractivity contribution in [2.45, 2.75) is 70.8 Å². The Labute approximate surface area is 159 Å². The van der Waals surface area contributed by atoms with Crippen LogP contribution in [0, 0.1) is 17.8 Å². The van der Waals surface area contributed by atoms with E-state index in [9.17, 15) is 13.2 Å². The van der Waals surface area contributed by atoms with Crippen molar-refractivity contribution in [1.29, 1.82) is 0 Å². The van der Waals surface area contributed by atoms with Gasteiger partial charge in [0.2, 0.25) is 5.91 Å². The Balaban J connectivity index is 1.38. The number of carbonyl (C=O) groups is 1. The van der Waals surface area contributed by atoms with Crippen LogP contribution in [0.15, 0.2) is 0 Å². The Kier molecular flexibility index (Phi) is 7.00. The molecular formula is C20H36N2O3S. The molecule has 0 aromatic rings. The van der Waals surface area contributed by atoms with Gasteiger partial charge in [0.25, 0.3) is 0 Å². The van der Waals surface area contributed by atoms with Gasteiger partial charge in [0.15, 0.2) is 9.84 Å². The fourth-order valence-corrected chi connectivity index (χ4v) is 6.98. The highest BCUT2D eigenvalue weighted by atomic mass is 32.2. The molecule has 2 unspecified atom stereocenters. The lowest BCUT2D eigenvalue weighted by molar-refractivity contribution is -0.126. The molecule has 2 atom stereocenters. The molecule has 150 valence electrons. The molecule has 1 aliphatic carbocycles. The lowest BCUT2D eigenvalue weighted by Gasteiger charge is -2.29. The van der Waals surface area contributed by atoms with E-state index in [-0.39, 0.29) is 11.8 Å². The van der Waals surface area contributed by atoms with Crippen molar-refractivity contribution < 1.29 is 13.2 Å². The lowest BCUT2D eigenvalue weighted by Crippen LogP contribution is -2.43. The molecule has 1 saturated carbocycles. The molecule has 2 heterocycles. The number of nitrogens with one attached hydrogen (secondary N) is 1. The van der Waals surface area contributed by atoms with E-state index in [1.807, 2.05) is 0 Å². The largest absolute Gasteiger partial charge is 0.354 e. The van der Waals surface area contributed by atoms with Gasteiger partial charge in [0.1, 0.15) is 0 Å². The van der Waals surface area contributed by atoms with E-state index in [0.29, 0.717) is 23.5 Å². The number of sulfone groups is 1. The average molecular weight is 385 g/mol. The van der Waals surface area contributed by atoms with Crippen LogP contribution >= 0.6 is 0 Å². The monoisotopic (exact) mass is 384 g/mol. The molecule has 0 aromatic carbocycles. The Morgan fingerprint density at radius 3 is 2.50 bits per heavy atom. The summed E-state index contributed by atoms with van der Waals surface area (Å²) in [6, 6.07) is 0.434. The normalized spacial score (nSPS) is 34.8. The van der Waals surface area contributed by atoms with Crippen molar-refractivity contribution in [2.75, 3.05) is 31.1 Å². The Hall–Kier alpha value is -0.620. The number of nitrogens with zero attached hydrogens (tertiary/aromatic N) is 1. The summed E-state index contributed by atoms with van der Waals surface area (Å²) in [6.07, 6.45) is 9.89. The highest BCUT2D eigenvalue weighted by Crippen LogP contribution is 2.31. The number of hydrogen-bond donors (Lipinski definition) is 1. The van der Waals surface area contributed by atoms with E-state index in [2.05, 4.69) is 17.1 Å². The summed E-state index contributed by atoms with van der Waals surface area (Å²) in [6.45, 7) is 5.07. The third kappa shape index (κ3) is 5.44. The number of carbonyl (C=O) groups excluding carboxylic acids is 1. The molecular weight excluding hydrogens is 348 g/mol. The minimum atomic E-state index is -2.77. The van der Waals surface area contributed by atoms with Gasteiger partial charge < -0.3 is 5.32 Å². The summed E-state index contributed by atoms with van der Waals surface area (Å²) >= 11 is 0. The summed E-state index contributed by atoms with van der Waals surface area (Å²) in [5.74, 6) is 2.39. The average Bonchev–Trinajstić information content (AvgIpc) is 3.23. The van der Waals surface area contributed by atoms with Gasteiger partial charge in [-0.1, -0.05) is 13.3 Å². The van der Waals surface area contributed by atoms with Gasteiger partial charge in [0.05, 0.1) is 11.5 Å². The Morgan fingerprint density at radius 2 is 1.85 bits per heavy atom. The molecule has 2 saturated heterocycles. The summed E-state index contributed by atoms with van der Waals surface area (Å²) in [7, 11) is -2.77. The van der Waals surface area contributed by atoms with E-state index in [4.69, 9.17) is 0 Å². The van der Waals surface area contributed by atoms with E-state index < -0.39 is 9.84 Å². The van der Waals surface area contributed by atoms with Crippen molar-refractivity contribution >= 4 is 15.7 Å². The molecule has 2 aliphatic heterocycles. The Bertz CT molecular complexity index is 570. The summed E-state index contributed by atoms with van der Waals surface area (Å²) in [4.78, 5) is 15.0. The van der Waals surface area contributed by atoms with Gasteiger partial charge in [-0.2, -0.15) is 0 Å². The van der Waals surface area contributed by atoms with Crippen LogP contribution in [-0.2, 0) is 14.6 Å². The highest BCUT2D eigenvalue weighted by Gasteiger charge is 2.31. The van der Waals surface area contributed by atoms with Crippen LogP contribution in [0.5, 0.6) is 0 Å². The Morgan fingerprint density at radius 1 is 1.08 bits per heavy atom. The minimum absolute atomic E-state index is 0.219. The van der Waals surface area contributed by atoms with E-state index >= 15 is 0 Å². The number of likely N-dealkylation sites (tertiary alicyclic amines) is 1. The van der Waals surface area contributed by atoms with Gasteiger partial charge in [-0.05, 0) is 76.3 Å². The predicted octanol–water partition coefficient (Wildman–Crippen LogP) is 2.61. The zero-order valence-electron chi connectivity index (χ0n) is 16.3. The van der Waals surface area contributed by atoms with Crippen LogP contribution in [0.2, 0.25) is 0 Å². The van der Waals surface area contributed by atoms with Crippen molar-refractivity contribution in [1.82, 2.24) is 10.2 Å². The van der Waals surface area contributed by atoms with Crippen LogP contribution in [0.25, 0.3) is 0 Å². The predicted molar refractivity (Wildman–Crippen MR) is 105 cm³/mol. The van der Waals surface area contributed by atoms with Crippen LogP contribution in [0.3, 0.4) is 0 Å². The van der Waals surface area contributed by atoms with E-state index in [1.54, 1.807) is 0 Å². The minimum Gasteiger partial charge on any atom is -0.354 e. The molecule has 0 radical (unpaired) electrons. The van der Waals surface area contributed by atoms with Gasteiger partial charge in [-0.3, -0.25) is 9.69 Å². The maximum atomic E-state index is 12.5. The van der Waals surface area contributed by atoms with Crippen molar-refractivity contribution in [3.8, 4) is 0 Å². The fraction of sp³-hybridized carbons (Fsp3) is 0.950. The summed E-state index contributed by atoms with van der Waals surface area (Å²) < 4.78 is 23.2. The smallest absolute Gasteiger partial charge is 0.223 e. The van der Waals surface area contributed by atoms with Crippen LogP contribution in [0.1, 0.15) is 64.7 Å². The third-order valence-corrected chi connectivity index (χ3v) is 8.79. The molecule has 6 heteroatoms. The number of amides is 1. The number of rotatable bonds is 7. The molecule has 0 bridgehead atoms. The first-order chi connectivity index (χ1) is 12.5. The van der Waals surface area contributed by atoms with Crippen LogP contribution < -0.4 is 5.32 Å². The second-order valence-corrected chi connectivity index (χ2v) is 11.0. The van der Waals surface area contributed by atoms with Crippen LogP contribution in [-0.4, -0.2) is 56.4 Å². The second-order valence-electron chi connectivity index (χ2n) is 8.76. The van der Waals surface area contributed by atoms with Gasteiger partial charge >= 0.3 is 0 Å². The lowest BCUT2D eigenvalue weighted by atomic mass is 9.80. The molecule has 3 fully saturated rings. The first kappa shape index (κ1) is 20.1. The molecule has 3 rings (SSSR count). The first-order valence-corrected chi connectivity index (χ1v) is 12.5. The second kappa shape index (κ2) is 9.05. The van der Waals surface area contributed by atoms with E-state index in [1.165, 1.54) is 25.7 Å². The number of hydrogen-bond acceptors (Lipinski definition) is 4. The zero-order chi connectivity index (χ0) is 18.6.